The minimum absolute atomic E-state index is 0.118. The number of carbonyl (C=O) groups is 3. The van der Waals surface area contributed by atoms with Crippen LogP contribution in [0.15, 0.2) is 59.3 Å². The lowest BCUT2D eigenvalue weighted by Gasteiger charge is -2.31. The maximum Gasteiger partial charge on any atom is 0.256 e. The molecule has 4 rings (SSSR count). The van der Waals surface area contributed by atoms with Gasteiger partial charge in [0.05, 0.1) is 6.42 Å². The van der Waals surface area contributed by atoms with Gasteiger partial charge in [-0.1, -0.05) is 56.6 Å². The van der Waals surface area contributed by atoms with Crippen LogP contribution in [-0.2, 0) is 32.2 Å². The molecule has 39 heavy (non-hydrogen) atoms. The highest BCUT2D eigenvalue weighted by atomic mass is 35.5. The van der Waals surface area contributed by atoms with Gasteiger partial charge < -0.3 is 20.3 Å². The Morgan fingerprint density at radius 3 is 2.51 bits per heavy atom. The number of nitrogens with one attached hydrogen (secondary N) is 2. The molecule has 1 aliphatic heterocycles. The third kappa shape index (κ3) is 7.68. The summed E-state index contributed by atoms with van der Waals surface area (Å²) < 4.78 is 6.53. The van der Waals surface area contributed by atoms with Crippen molar-refractivity contribution < 1.29 is 19.1 Å². The highest BCUT2D eigenvalue weighted by molar-refractivity contribution is 7.07. The summed E-state index contributed by atoms with van der Waals surface area (Å²) in [6.45, 7) is 8.85. The lowest BCUT2D eigenvalue weighted by atomic mass is 9.94. The molecule has 1 aliphatic rings. The number of hydrogen-bond acceptors (Lipinski definition) is 5. The minimum Gasteiger partial charge on any atom is -0.355 e. The summed E-state index contributed by atoms with van der Waals surface area (Å²) in [6.07, 6.45) is -1.78. The van der Waals surface area contributed by atoms with Crippen molar-refractivity contribution in [3.8, 4) is 0 Å². The van der Waals surface area contributed by atoms with Crippen molar-refractivity contribution in [2.75, 3.05) is 11.4 Å². The zero-order valence-electron chi connectivity index (χ0n) is 22.6. The van der Waals surface area contributed by atoms with Crippen LogP contribution in [0.2, 0.25) is 5.02 Å². The fourth-order valence-electron chi connectivity index (χ4n) is 4.53. The lowest BCUT2D eigenvalue weighted by molar-refractivity contribution is -0.138. The van der Waals surface area contributed by atoms with E-state index in [1.54, 1.807) is 22.3 Å². The van der Waals surface area contributed by atoms with Gasteiger partial charge in [-0.25, -0.2) is 0 Å². The Morgan fingerprint density at radius 1 is 1.05 bits per heavy atom. The minimum atomic E-state index is -1.01. The van der Waals surface area contributed by atoms with Gasteiger partial charge in [0.25, 0.3) is 5.91 Å². The number of thiophene rings is 1. The molecule has 3 aromatic rings. The molecule has 0 bridgehead atoms. The number of benzene rings is 2. The van der Waals surface area contributed by atoms with Crippen LogP contribution < -0.4 is 15.5 Å². The number of hydrogen-bond donors (Lipinski definition) is 2. The maximum absolute atomic E-state index is 14.0. The molecule has 2 N–H and O–H groups in total. The van der Waals surface area contributed by atoms with E-state index < -0.39 is 12.2 Å². The first kappa shape index (κ1) is 28.8. The normalized spacial score (nSPS) is 17.4. The summed E-state index contributed by atoms with van der Waals surface area (Å²) in [6, 6.07) is 15.1. The summed E-state index contributed by atoms with van der Waals surface area (Å²) in [5, 5.41) is 10.2. The molecular weight excluding hydrogens is 534 g/mol. The van der Waals surface area contributed by atoms with Crippen LogP contribution in [0, 0.1) is 5.41 Å². The molecular formula is C30H34ClN3O4S. The Labute approximate surface area is 238 Å². The molecule has 0 saturated heterocycles. The van der Waals surface area contributed by atoms with Crippen molar-refractivity contribution in [2.24, 2.45) is 5.41 Å². The first-order chi connectivity index (χ1) is 18.5. The van der Waals surface area contributed by atoms with Crippen molar-refractivity contribution in [3.05, 3.63) is 86.6 Å². The van der Waals surface area contributed by atoms with Gasteiger partial charge in [-0.15, -0.1) is 0 Å². The first-order valence-corrected chi connectivity index (χ1v) is 14.2. The largest absolute Gasteiger partial charge is 0.355 e. The second-order valence-electron chi connectivity index (χ2n) is 11.0. The van der Waals surface area contributed by atoms with Crippen LogP contribution >= 0.6 is 22.9 Å². The maximum atomic E-state index is 14.0. The van der Waals surface area contributed by atoms with Gasteiger partial charge >= 0.3 is 0 Å². The monoisotopic (exact) mass is 567 g/mol. The van der Waals surface area contributed by atoms with E-state index in [-0.39, 0.29) is 29.6 Å². The van der Waals surface area contributed by atoms with Crippen molar-refractivity contribution in [1.29, 1.82) is 0 Å². The number of ether oxygens (including phenoxy) is 1. The van der Waals surface area contributed by atoms with Crippen molar-refractivity contribution in [3.63, 3.8) is 0 Å². The second kappa shape index (κ2) is 12.3. The number of nitrogens with zero attached hydrogens (tertiary/aromatic N) is 1. The fraction of sp³-hybridized carbons (Fsp3) is 0.367. The number of rotatable bonds is 8. The molecule has 0 aliphatic carbocycles. The number of carbonyl (C=O) groups excluding carboxylic acids is 3. The summed E-state index contributed by atoms with van der Waals surface area (Å²) in [7, 11) is 0. The van der Waals surface area contributed by atoms with Crippen LogP contribution in [0.25, 0.3) is 0 Å². The van der Waals surface area contributed by atoms with Crippen LogP contribution in [0.4, 0.5) is 5.69 Å². The molecule has 206 valence electrons. The molecule has 9 heteroatoms. The first-order valence-electron chi connectivity index (χ1n) is 12.9. The van der Waals surface area contributed by atoms with Gasteiger partial charge in [0.2, 0.25) is 11.8 Å². The quantitative estimate of drug-likeness (QED) is 0.370. The topological polar surface area (TPSA) is 87.7 Å². The smallest absolute Gasteiger partial charge is 0.256 e. The zero-order valence-corrected chi connectivity index (χ0v) is 24.2. The predicted octanol–water partition coefficient (Wildman–Crippen LogP) is 5.61. The Morgan fingerprint density at radius 2 is 1.82 bits per heavy atom. The summed E-state index contributed by atoms with van der Waals surface area (Å²) in [4.78, 5) is 40.2. The van der Waals surface area contributed by atoms with Gasteiger partial charge in [-0.3, -0.25) is 14.4 Å². The van der Waals surface area contributed by atoms with Gasteiger partial charge in [0, 0.05) is 42.8 Å². The van der Waals surface area contributed by atoms with E-state index in [0.29, 0.717) is 30.3 Å². The van der Waals surface area contributed by atoms with E-state index in [1.807, 2.05) is 53.2 Å². The lowest BCUT2D eigenvalue weighted by Crippen LogP contribution is -2.45. The highest BCUT2D eigenvalue weighted by Gasteiger charge is 2.39. The van der Waals surface area contributed by atoms with E-state index in [9.17, 15) is 14.4 Å². The van der Waals surface area contributed by atoms with Gasteiger partial charge in [0.1, 0.15) is 12.2 Å². The molecule has 2 unspecified atom stereocenters. The molecule has 2 aromatic carbocycles. The van der Waals surface area contributed by atoms with Crippen molar-refractivity contribution in [1.82, 2.24) is 10.6 Å². The average molecular weight is 568 g/mol. The Kier molecular flexibility index (Phi) is 9.10. The van der Waals surface area contributed by atoms with Gasteiger partial charge in [0.15, 0.2) is 0 Å². The Hall–Kier alpha value is -3.20. The summed E-state index contributed by atoms with van der Waals surface area (Å²) in [5.41, 5.74) is 3.94. The number of halogens is 1. The van der Waals surface area contributed by atoms with E-state index in [0.717, 1.165) is 22.3 Å². The molecule has 0 fully saturated rings. The van der Waals surface area contributed by atoms with Gasteiger partial charge in [-0.05, 0) is 57.1 Å². The Bertz CT molecular complexity index is 1340. The molecule has 7 nitrogen and oxygen atoms in total. The van der Waals surface area contributed by atoms with Gasteiger partial charge in [-0.2, -0.15) is 11.3 Å². The number of amides is 3. The van der Waals surface area contributed by atoms with E-state index in [4.69, 9.17) is 16.3 Å². The zero-order chi connectivity index (χ0) is 28.2. The molecule has 1 aromatic heterocycles. The van der Waals surface area contributed by atoms with Crippen molar-refractivity contribution >= 4 is 46.3 Å². The van der Waals surface area contributed by atoms with E-state index >= 15 is 0 Å². The number of anilines is 1. The van der Waals surface area contributed by atoms with E-state index in [2.05, 4.69) is 31.4 Å². The second-order valence-corrected chi connectivity index (χ2v) is 12.2. The predicted molar refractivity (Wildman–Crippen MR) is 155 cm³/mol. The Balaban J connectivity index is 1.72. The standard InChI is InChI=1S/C30H34ClN3O4S/c1-19(35)32-15-20-6-5-7-22(12-20)28-24-13-23(31)8-9-25(24)34(18-30(2,3)4)29(37)26(38-28)14-27(36)33-16-21-10-11-39-17-21/h5-13,17,26,28H,14-16,18H2,1-4H3,(H,32,35)(H,33,36). The molecule has 0 saturated carbocycles. The molecule has 0 spiro atoms. The van der Waals surface area contributed by atoms with E-state index in [1.165, 1.54) is 6.92 Å². The number of fused-ring (bicyclic) bond motifs is 1. The third-order valence-corrected chi connectivity index (χ3v) is 7.24. The highest BCUT2D eigenvalue weighted by Crippen LogP contribution is 2.41. The summed E-state index contributed by atoms with van der Waals surface area (Å²) >= 11 is 8.02. The third-order valence-electron chi connectivity index (χ3n) is 6.27. The van der Waals surface area contributed by atoms with Crippen LogP contribution in [0.3, 0.4) is 0 Å². The van der Waals surface area contributed by atoms with Crippen LogP contribution in [-0.4, -0.2) is 30.4 Å². The summed E-state index contributed by atoms with van der Waals surface area (Å²) in [5.74, 6) is -0.659. The average Bonchev–Trinajstić information content (AvgIpc) is 3.37. The molecule has 2 atom stereocenters. The molecule has 3 amide bonds. The molecule has 2 heterocycles. The van der Waals surface area contributed by atoms with Crippen molar-refractivity contribution in [2.45, 2.75) is 59.4 Å². The van der Waals surface area contributed by atoms with Crippen LogP contribution in [0.5, 0.6) is 0 Å². The molecule has 0 radical (unpaired) electrons. The van der Waals surface area contributed by atoms with Crippen LogP contribution in [0.1, 0.15) is 62.5 Å². The fourth-order valence-corrected chi connectivity index (χ4v) is 5.38. The SMILES string of the molecule is CC(=O)NCc1cccc(C2OC(CC(=O)NCc3ccsc3)C(=O)N(CC(C)(C)C)c3ccc(Cl)cc32)c1.